The van der Waals surface area contributed by atoms with Gasteiger partial charge in [-0.15, -0.1) is 0 Å². The van der Waals surface area contributed by atoms with E-state index in [1.807, 2.05) is 6.07 Å². The second kappa shape index (κ2) is 9.40. The molecule has 0 unspecified atom stereocenters. The molecule has 2 aromatic heterocycles. The second-order valence-electron chi connectivity index (χ2n) is 6.26. The van der Waals surface area contributed by atoms with Crippen LogP contribution in [-0.2, 0) is 6.54 Å². The fourth-order valence-corrected chi connectivity index (χ4v) is 2.88. The summed E-state index contributed by atoms with van der Waals surface area (Å²) in [6.07, 6.45) is 1.63. The van der Waals surface area contributed by atoms with Gasteiger partial charge in [0.15, 0.2) is 11.5 Å². The molecule has 3 aromatic rings. The highest BCUT2D eigenvalue weighted by Crippen LogP contribution is 2.14. The minimum absolute atomic E-state index is 0.122. The number of hydrogen-bond acceptors (Lipinski definition) is 5. The highest BCUT2D eigenvalue weighted by molar-refractivity contribution is 6.30. The number of aromatic nitrogens is 2. The van der Waals surface area contributed by atoms with Crippen LogP contribution in [0.1, 0.15) is 40.7 Å². The van der Waals surface area contributed by atoms with Crippen molar-refractivity contribution in [1.29, 1.82) is 0 Å². The molecule has 2 heterocycles. The van der Waals surface area contributed by atoms with Crippen molar-refractivity contribution in [3.05, 3.63) is 70.9 Å². The Hall–Kier alpha value is -3.10. The molecule has 1 aromatic carbocycles. The predicted octanol–water partition coefficient (Wildman–Crippen LogP) is 3.04. The number of amides is 2. The lowest BCUT2D eigenvalue weighted by molar-refractivity contribution is 0.0826. The Bertz CT molecular complexity index is 993. The summed E-state index contributed by atoms with van der Waals surface area (Å²) in [7, 11) is 0. The molecule has 8 nitrogen and oxygen atoms in total. The first kappa shape index (κ1) is 20.6. The molecule has 0 saturated carbocycles. The largest absolute Gasteiger partial charge is 0.454 e. The summed E-state index contributed by atoms with van der Waals surface area (Å²) in [4.78, 5) is 26.6. The lowest BCUT2D eigenvalue weighted by Crippen LogP contribution is -2.41. The molecule has 2 amide bonds. The van der Waals surface area contributed by atoms with Crippen molar-refractivity contribution in [2.75, 3.05) is 13.1 Å². The molecule has 0 saturated heterocycles. The third-order valence-corrected chi connectivity index (χ3v) is 4.58. The van der Waals surface area contributed by atoms with Gasteiger partial charge in [-0.3, -0.25) is 25.3 Å². The SMILES string of the molecule is CCN(CC)Cc1ccc(C(=O)NNC(=O)c2ccn(-c3cccc(Cl)c3)n2)o1. The number of nitrogens with one attached hydrogen (secondary N) is 2. The van der Waals surface area contributed by atoms with Gasteiger partial charge in [0.25, 0.3) is 5.91 Å². The third kappa shape index (κ3) is 5.24. The monoisotopic (exact) mass is 415 g/mol. The number of hydrazine groups is 1. The number of carbonyl (C=O) groups is 2. The highest BCUT2D eigenvalue weighted by atomic mass is 35.5. The molecule has 3 rings (SSSR count). The summed E-state index contributed by atoms with van der Waals surface area (Å²) in [5, 5.41) is 4.76. The van der Waals surface area contributed by atoms with E-state index in [0.717, 1.165) is 18.8 Å². The quantitative estimate of drug-likeness (QED) is 0.578. The van der Waals surface area contributed by atoms with Gasteiger partial charge in [-0.25, -0.2) is 4.68 Å². The van der Waals surface area contributed by atoms with Gasteiger partial charge in [-0.2, -0.15) is 5.10 Å². The maximum absolute atomic E-state index is 12.3. The first-order valence-corrected chi connectivity index (χ1v) is 9.61. The lowest BCUT2D eigenvalue weighted by Gasteiger charge is -2.15. The topological polar surface area (TPSA) is 92.4 Å². The van der Waals surface area contributed by atoms with Crippen LogP contribution in [0.2, 0.25) is 5.02 Å². The van der Waals surface area contributed by atoms with Gasteiger partial charge in [0.05, 0.1) is 12.2 Å². The number of hydrogen-bond donors (Lipinski definition) is 2. The average Bonchev–Trinajstić information content (AvgIpc) is 3.40. The maximum atomic E-state index is 12.3. The van der Waals surface area contributed by atoms with Gasteiger partial charge in [-0.1, -0.05) is 31.5 Å². The van der Waals surface area contributed by atoms with E-state index in [-0.39, 0.29) is 11.5 Å². The zero-order valence-electron chi connectivity index (χ0n) is 16.2. The number of carbonyl (C=O) groups excluding carboxylic acids is 2. The van der Waals surface area contributed by atoms with Gasteiger partial charge >= 0.3 is 5.91 Å². The summed E-state index contributed by atoms with van der Waals surface area (Å²) < 4.78 is 7.08. The molecule has 0 bridgehead atoms. The fourth-order valence-electron chi connectivity index (χ4n) is 2.70. The Morgan fingerprint density at radius 1 is 1.10 bits per heavy atom. The Morgan fingerprint density at radius 2 is 1.86 bits per heavy atom. The number of nitrogens with zero attached hydrogens (tertiary/aromatic N) is 3. The van der Waals surface area contributed by atoms with Crippen molar-refractivity contribution in [3.63, 3.8) is 0 Å². The summed E-state index contributed by atoms with van der Waals surface area (Å²) in [6, 6.07) is 11.9. The first-order valence-electron chi connectivity index (χ1n) is 9.23. The standard InChI is InChI=1S/C20H22ClN5O3/c1-3-25(4-2)13-16-8-9-18(29-16)20(28)23-22-19(27)17-10-11-26(24-17)15-7-5-6-14(21)12-15/h5-12H,3-4,13H2,1-2H3,(H,22,27)(H,23,28). The zero-order chi connectivity index (χ0) is 20.8. The van der Waals surface area contributed by atoms with E-state index in [9.17, 15) is 9.59 Å². The number of benzene rings is 1. The van der Waals surface area contributed by atoms with Crippen LogP contribution in [0, 0.1) is 0 Å². The smallest absolute Gasteiger partial charge is 0.305 e. The van der Waals surface area contributed by atoms with Crippen molar-refractivity contribution >= 4 is 23.4 Å². The molecule has 0 aliphatic heterocycles. The fraction of sp³-hybridized carbons (Fsp3) is 0.250. The molecule has 2 N–H and O–H groups in total. The zero-order valence-corrected chi connectivity index (χ0v) is 16.9. The number of furan rings is 1. The van der Waals surface area contributed by atoms with E-state index in [1.165, 1.54) is 10.7 Å². The summed E-state index contributed by atoms with van der Waals surface area (Å²) >= 11 is 5.97. The summed E-state index contributed by atoms with van der Waals surface area (Å²) in [6.45, 7) is 6.51. The molecule has 0 aliphatic rings. The van der Waals surface area contributed by atoms with Crippen LogP contribution in [0.4, 0.5) is 0 Å². The predicted molar refractivity (Wildman–Crippen MR) is 109 cm³/mol. The van der Waals surface area contributed by atoms with Gasteiger partial charge < -0.3 is 4.42 Å². The van der Waals surface area contributed by atoms with Crippen molar-refractivity contribution in [2.24, 2.45) is 0 Å². The van der Waals surface area contributed by atoms with E-state index >= 15 is 0 Å². The van der Waals surface area contributed by atoms with E-state index in [1.54, 1.807) is 36.5 Å². The van der Waals surface area contributed by atoms with Crippen LogP contribution in [0.25, 0.3) is 5.69 Å². The highest BCUT2D eigenvalue weighted by Gasteiger charge is 2.15. The van der Waals surface area contributed by atoms with Crippen molar-refractivity contribution < 1.29 is 14.0 Å². The van der Waals surface area contributed by atoms with Gasteiger partial charge in [0.1, 0.15) is 5.76 Å². The van der Waals surface area contributed by atoms with Crippen LogP contribution in [0.5, 0.6) is 0 Å². The van der Waals surface area contributed by atoms with Crippen molar-refractivity contribution in [3.8, 4) is 5.69 Å². The Kier molecular flexibility index (Phi) is 6.69. The van der Waals surface area contributed by atoms with E-state index in [0.29, 0.717) is 17.3 Å². The van der Waals surface area contributed by atoms with Crippen LogP contribution in [-0.4, -0.2) is 39.6 Å². The van der Waals surface area contributed by atoms with Crippen LogP contribution < -0.4 is 10.9 Å². The normalized spacial score (nSPS) is 10.9. The van der Waals surface area contributed by atoms with E-state index in [4.69, 9.17) is 16.0 Å². The molecule has 9 heteroatoms. The summed E-state index contributed by atoms with van der Waals surface area (Å²) in [5.41, 5.74) is 5.53. The van der Waals surface area contributed by atoms with Gasteiger partial charge in [0, 0.05) is 11.2 Å². The average molecular weight is 416 g/mol. The molecule has 0 radical (unpaired) electrons. The molecular weight excluding hydrogens is 394 g/mol. The lowest BCUT2D eigenvalue weighted by atomic mass is 10.3. The molecule has 0 spiro atoms. The van der Waals surface area contributed by atoms with Gasteiger partial charge in [-0.05, 0) is 49.5 Å². The van der Waals surface area contributed by atoms with E-state index in [2.05, 4.69) is 34.7 Å². The minimum atomic E-state index is -0.547. The Labute approximate surface area is 173 Å². The number of halogens is 1. The van der Waals surface area contributed by atoms with Crippen molar-refractivity contribution in [2.45, 2.75) is 20.4 Å². The van der Waals surface area contributed by atoms with Crippen LogP contribution in [0.15, 0.2) is 53.1 Å². The van der Waals surface area contributed by atoms with Gasteiger partial charge in [0.2, 0.25) is 0 Å². The molecule has 0 aliphatic carbocycles. The first-order chi connectivity index (χ1) is 14.0. The maximum Gasteiger partial charge on any atom is 0.305 e. The van der Waals surface area contributed by atoms with Crippen LogP contribution in [0.3, 0.4) is 0 Å². The second-order valence-corrected chi connectivity index (χ2v) is 6.70. The molecule has 29 heavy (non-hydrogen) atoms. The Balaban J connectivity index is 1.57. The molecule has 152 valence electrons. The summed E-state index contributed by atoms with van der Waals surface area (Å²) in [5.74, 6) is -0.283. The van der Waals surface area contributed by atoms with E-state index < -0.39 is 11.8 Å². The minimum Gasteiger partial charge on any atom is -0.454 e. The Morgan fingerprint density at radius 3 is 2.59 bits per heavy atom. The van der Waals surface area contributed by atoms with Crippen LogP contribution >= 0.6 is 11.6 Å². The molecular formula is C20H22ClN5O3. The molecule has 0 atom stereocenters. The molecule has 0 fully saturated rings. The third-order valence-electron chi connectivity index (χ3n) is 4.34. The number of rotatable bonds is 7. The van der Waals surface area contributed by atoms with Crippen molar-refractivity contribution in [1.82, 2.24) is 25.5 Å².